The van der Waals surface area contributed by atoms with Crippen LogP contribution in [0.4, 0.5) is 23.2 Å². The van der Waals surface area contributed by atoms with Gasteiger partial charge in [-0.25, -0.2) is 9.37 Å². The lowest BCUT2D eigenvalue weighted by Gasteiger charge is -2.37. The van der Waals surface area contributed by atoms with Gasteiger partial charge in [0, 0.05) is 56.6 Å². The zero-order valence-electron chi connectivity index (χ0n) is 19.3. The maximum Gasteiger partial charge on any atom is 0.416 e. The molecular formula is C27H24F4N4O. The maximum atomic E-state index is 14.8. The van der Waals surface area contributed by atoms with E-state index >= 15 is 0 Å². The first kappa shape index (κ1) is 23.8. The number of benzene rings is 2. The van der Waals surface area contributed by atoms with Crippen molar-refractivity contribution in [1.29, 1.82) is 0 Å². The Hall–Kier alpha value is -3.88. The largest absolute Gasteiger partial charge is 0.416 e. The Balaban J connectivity index is 1.34. The number of imidazole rings is 1. The van der Waals surface area contributed by atoms with E-state index in [-0.39, 0.29) is 12.3 Å². The molecule has 5 rings (SSSR count). The number of rotatable bonds is 5. The van der Waals surface area contributed by atoms with Gasteiger partial charge >= 0.3 is 6.18 Å². The quantitative estimate of drug-likeness (QED) is 0.349. The number of nitrogens with zero attached hydrogens (tertiary/aromatic N) is 4. The van der Waals surface area contributed by atoms with Gasteiger partial charge in [-0.1, -0.05) is 30.3 Å². The number of carbonyl (C=O) groups is 1. The van der Waals surface area contributed by atoms with Gasteiger partial charge in [-0.3, -0.25) is 4.79 Å². The van der Waals surface area contributed by atoms with Crippen molar-refractivity contribution in [2.24, 2.45) is 0 Å². The highest BCUT2D eigenvalue weighted by molar-refractivity contribution is 5.78. The number of alkyl halides is 3. The normalized spacial score (nSPS) is 15.3. The van der Waals surface area contributed by atoms with Gasteiger partial charge in [-0.15, -0.1) is 0 Å². The number of amides is 1. The molecular weight excluding hydrogens is 472 g/mol. The number of hydrogen-bond donors (Lipinski definition) is 0. The van der Waals surface area contributed by atoms with Crippen LogP contribution in [0.1, 0.15) is 29.2 Å². The highest BCUT2D eigenvalue weighted by atomic mass is 19.4. The molecule has 186 valence electrons. The average molecular weight is 497 g/mol. The minimum absolute atomic E-state index is 0.0488. The summed E-state index contributed by atoms with van der Waals surface area (Å²) in [7, 11) is 0. The molecule has 1 amide bonds. The van der Waals surface area contributed by atoms with Crippen LogP contribution in [0.3, 0.4) is 0 Å². The summed E-state index contributed by atoms with van der Waals surface area (Å²) in [6.07, 6.45) is -0.852. The fraction of sp³-hybridized carbons (Fsp3) is 0.259. The van der Waals surface area contributed by atoms with E-state index in [0.29, 0.717) is 48.8 Å². The first-order valence-corrected chi connectivity index (χ1v) is 11.7. The molecule has 4 aromatic rings. The molecule has 0 radical (unpaired) electrons. The smallest absolute Gasteiger partial charge is 0.368 e. The van der Waals surface area contributed by atoms with Gasteiger partial charge in [0.05, 0.1) is 11.3 Å². The molecule has 0 spiro atoms. The minimum Gasteiger partial charge on any atom is -0.368 e. The number of aromatic nitrogens is 2. The monoisotopic (exact) mass is 496 g/mol. The van der Waals surface area contributed by atoms with E-state index in [4.69, 9.17) is 0 Å². The van der Waals surface area contributed by atoms with Crippen molar-refractivity contribution in [3.05, 3.63) is 102 Å². The number of fused-ring (bicyclic) bond motifs is 1. The van der Waals surface area contributed by atoms with Gasteiger partial charge in [-0.2, -0.15) is 13.2 Å². The fourth-order valence-corrected chi connectivity index (χ4v) is 4.74. The van der Waals surface area contributed by atoms with E-state index in [2.05, 4.69) is 4.98 Å². The van der Waals surface area contributed by atoms with E-state index in [9.17, 15) is 22.4 Å². The van der Waals surface area contributed by atoms with Crippen LogP contribution in [0.15, 0.2) is 79.1 Å². The van der Waals surface area contributed by atoms with Crippen LogP contribution in [0.25, 0.3) is 5.65 Å². The van der Waals surface area contributed by atoms with Gasteiger partial charge in [0.1, 0.15) is 11.5 Å². The number of piperazine rings is 1. The SMILES string of the molecule is O=C(CC(c1ccccc1F)c1cnc2ccccn12)N1CCN(c2cccc(C(F)(F)F)c2)CC1. The summed E-state index contributed by atoms with van der Waals surface area (Å²) < 4.78 is 56.0. The zero-order chi connectivity index (χ0) is 25.3. The molecule has 36 heavy (non-hydrogen) atoms. The molecule has 1 atom stereocenters. The molecule has 0 aliphatic carbocycles. The summed E-state index contributed by atoms with van der Waals surface area (Å²) in [5.74, 6) is -1.08. The minimum atomic E-state index is -4.41. The molecule has 9 heteroatoms. The number of pyridine rings is 1. The molecule has 0 N–H and O–H groups in total. The van der Waals surface area contributed by atoms with Crippen LogP contribution in [0, 0.1) is 5.82 Å². The van der Waals surface area contributed by atoms with Gasteiger partial charge in [0.25, 0.3) is 0 Å². The molecule has 5 nitrogen and oxygen atoms in total. The Morgan fingerprint density at radius 1 is 0.944 bits per heavy atom. The van der Waals surface area contributed by atoms with Crippen LogP contribution in [-0.4, -0.2) is 46.4 Å². The van der Waals surface area contributed by atoms with Crippen LogP contribution < -0.4 is 4.90 Å². The van der Waals surface area contributed by atoms with Crippen LogP contribution >= 0.6 is 0 Å². The Kier molecular flexibility index (Phi) is 6.38. The third-order valence-electron chi connectivity index (χ3n) is 6.63. The number of hydrogen-bond acceptors (Lipinski definition) is 3. The van der Waals surface area contributed by atoms with Gasteiger partial charge in [0.15, 0.2) is 0 Å². The Morgan fingerprint density at radius 2 is 1.69 bits per heavy atom. The van der Waals surface area contributed by atoms with E-state index < -0.39 is 23.5 Å². The predicted molar refractivity (Wildman–Crippen MR) is 128 cm³/mol. The van der Waals surface area contributed by atoms with Crippen molar-refractivity contribution < 1.29 is 22.4 Å². The number of halogens is 4. The first-order chi connectivity index (χ1) is 17.3. The molecule has 0 bridgehead atoms. The van der Waals surface area contributed by atoms with Crippen molar-refractivity contribution in [3.63, 3.8) is 0 Å². The standard InChI is InChI=1S/C27H24F4N4O/c28-23-9-2-1-8-21(23)22(24-18-32-25-10-3-4-11-35(24)25)17-26(36)34-14-12-33(13-15-34)20-7-5-6-19(16-20)27(29,30)31/h1-11,16,18,22H,12-15,17H2. The average Bonchev–Trinajstić information content (AvgIpc) is 3.31. The zero-order valence-corrected chi connectivity index (χ0v) is 19.3. The third kappa shape index (κ3) is 4.78. The summed E-state index contributed by atoms with van der Waals surface area (Å²) in [4.78, 5) is 21.3. The maximum absolute atomic E-state index is 14.8. The van der Waals surface area contributed by atoms with Gasteiger partial charge < -0.3 is 14.2 Å². The van der Waals surface area contributed by atoms with Crippen LogP contribution in [0.5, 0.6) is 0 Å². The molecule has 1 fully saturated rings. The molecule has 1 aliphatic rings. The summed E-state index contributed by atoms with van der Waals surface area (Å²) in [6.45, 7) is 1.55. The van der Waals surface area contributed by atoms with E-state index in [0.717, 1.165) is 12.1 Å². The van der Waals surface area contributed by atoms with Crippen molar-refractivity contribution >= 4 is 17.2 Å². The molecule has 3 heterocycles. The Labute approximate surface area is 205 Å². The van der Waals surface area contributed by atoms with Gasteiger partial charge in [-0.05, 0) is 42.0 Å². The van der Waals surface area contributed by atoms with Crippen molar-refractivity contribution in [1.82, 2.24) is 14.3 Å². The predicted octanol–water partition coefficient (Wildman–Crippen LogP) is 5.36. The van der Waals surface area contributed by atoms with E-state index in [1.807, 2.05) is 33.7 Å². The van der Waals surface area contributed by atoms with E-state index in [1.54, 1.807) is 35.4 Å². The van der Waals surface area contributed by atoms with Crippen molar-refractivity contribution in [3.8, 4) is 0 Å². The third-order valence-corrected chi connectivity index (χ3v) is 6.63. The highest BCUT2D eigenvalue weighted by Crippen LogP contribution is 2.33. The fourth-order valence-electron chi connectivity index (χ4n) is 4.74. The molecule has 1 unspecified atom stereocenters. The topological polar surface area (TPSA) is 40.9 Å². The molecule has 2 aromatic heterocycles. The summed E-state index contributed by atoms with van der Waals surface area (Å²) in [5, 5.41) is 0. The van der Waals surface area contributed by atoms with Crippen molar-refractivity contribution in [2.75, 3.05) is 31.1 Å². The lowest BCUT2D eigenvalue weighted by Crippen LogP contribution is -2.49. The van der Waals surface area contributed by atoms with E-state index in [1.165, 1.54) is 12.1 Å². The molecule has 0 saturated carbocycles. The second kappa shape index (κ2) is 9.64. The molecule has 2 aromatic carbocycles. The lowest BCUT2D eigenvalue weighted by atomic mass is 9.91. The number of carbonyl (C=O) groups excluding carboxylic acids is 1. The Morgan fingerprint density at radius 3 is 2.44 bits per heavy atom. The summed E-state index contributed by atoms with van der Waals surface area (Å²) >= 11 is 0. The van der Waals surface area contributed by atoms with Crippen LogP contribution in [-0.2, 0) is 11.0 Å². The first-order valence-electron chi connectivity index (χ1n) is 11.7. The second-order valence-electron chi connectivity index (χ2n) is 8.81. The number of anilines is 1. The highest BCUT2D eigenvalue weighted by Gasteiger charge is 2.32. The van der Waals surface area contributed by atoms with Gasteiger partial charge in [0.2, 0.25) is 5.91 Å². The summed E-state index contributed by atoms with van der Waals surface area (Å²) in [6, 6.07) is 17.2. The second-order valence-corrected chi connectivity index (χ2v) is 8.81. The Bertz CT molecular complexity index is 1380. The van der Waals surface area contributed by atoms with Crippen molar-refractivity contribution in [2.45, 2.75) is 18.5 Å². The van der Waals surface area contributed by atoms with Crippen LogP contribution in [0.2, 0.25) is 0 Å². The molecule has 1 aliphatic heterocycles. The molecule has 1 saturated heterocycles. The lowest BCUT2D eigenvalue weighted by molar-refractivity contribution is -0.137. The summed E-state index contributed by atoms with van der Waals surface area (Å²) in [5.41, 5.74) is 1.62.